The van der Waals surface area contributed by atoms with Gasteiger partial charge in [0.15, 0.2) is 0 Å². The topological polar surface area (TPSA) is 56.6 Å². The largest absolute Gasteiger partial charge is 0.444 e. The molecule has 0 spiro atoms. The van der Waals surface area contributed by atoms with Gasteiger partial charge in [0, 0.05) is 18.8 Å². The summed E-state index contributed by atoms with van der Waals surface area (Å²) in [7, 11) is 1.93. The van der Waals surface area contributed by atoms with Crippen LogP contribution in [0.25, 0.3) is 5.57 Å². The fourth-order valence-electron chi connectivity index (χ4n) is 3.31. The second-order valence-electron chi connectivity index (χ2n) is 7.34. The standard InChI is InChI=1S/C17H25N3O3/c1-11-15(8-19(5)18-11)12-6-13-9-22-10-14(7-12)20(13)16(21)23-17(2,3)4/h6,8,13-14H,7,9-10H2,1-5H3. The van der Waals surface area contributed by atoms with Crippen molar-refractivity contribution in [2.75, 3.05) is 13.2 Å². The van der Waals surface area contributed by atoms with E-state index in [4.69, 9.17) is 9.47 Å². The molecular formula is C17H25N3O3. The molecule has 3 rings (SSSR count). The lowest BCUT2D eigenvalue weighted by atomic mass is 9.90. The van der Waals surface area contributed by atoms with Gasteiger partial charge in [0.25, 0.3) is 0 Å². The van der Waals surface area contributed by atoms with Gasteiger partial charge in [-0.3, -0.25) is 9.58 Å². The number of carbonyl (C=O) groups excluding carboxylic acids is 1. The first kappa shape index (κ1) is 16.1. The Labute approximate surface area is 137 Å². The number of aromatic nitrogens is 2. The molecule has 0 aliphatic carbocycles. The van der Waals surface area contributed by atoms with Crippen LogP contribution in [0.2, 0.25) is 0 Å². The average molecular weight is 319 g/mol. The smallest absolute Gasteiger partial charge is 0.411 e. The summed E-state index contributed by atoms with van der Waals surface area (Å²) in [5, 5.41) is 4.42. The van der Waals surface area contributed by atoms with Gasteiger partial charge in [-0.05, 0) is 39.7 Å². The zero-order valence-corrected chi connectivity index (χ0v) is 14.5. The van der Waals surface area contributed by atoms with Crippen molar-refractivity contribution in [3.8, 4) is 0 Å². The van der Waals surface area contributed by atoms with Crippen LogP contribution in [-0.2, 0) is 16.5 Å². The maximum absolute atomic E-state index is 12.5. The van der Waals surface area contributed by atoms with Crippen molar-refractivity contribution < 1.29 is 14.3 Å². The summed E-state index contributed by atoms with van der Waals surface area (Å²) in [5.74, 6) is 0. The number of nitrogens with zero attached hydrogens (tertiary/aromatic N) is 3. The van der Waals surface area contributed by atoms with E-state index in [0.29, 0.717) is 13.2 Å². The van der Waals surface area contributed by atoms with Crippen LogP contribution in [0.15, 0.2) is 12.3 Å². The minimum Gasteiger partial charge on any atom is -0.444 e. The van der Waals surface area contributed by atoms with Crippen LogP contribution in [0.5, 0.6) is 0 Å². The Morgan fingerprint density at radius 2 is 2.13 bits per heavy atom. The molecule has 126 valence electrons. The van der Waals surface area contributed by atoms with Gasteiger partial charge in [-0.25, -0.2) is 4.79 Å². The van der Waals surface area contributed by atoms with Gasteiger partial charge in [0.05, 0.1) is 31.0 Å². The maximum atomic E-state index is 12.5. The maximum Gasteiger partial charge on any atom is 0.411 e. The molecule has 2 atom stereocenters. The van der Waals surface area contributed by atoms with Gasteiger partial charge < -0.3 is 9.47 Å². The normalized spacial score (nSPS) is 24.4. The number of carbonyl (C=O) groups is 1. The van der Waals surface area contributed by atoms with Crippen molar-refractivity contribution in [1.29, 1.82) is 0 Å². The highest BCUT2D eigenvalue weighted by Gasteiger charge is 2.40. The van der Waals surface area contributed by atoms with Gasteiger partial charge in [-0.15, -0.1) is 0 Å². The van der Waals surface area contributed by atoms with Gasteiger partial charge in [-0.2, -0.15) is 5.10 Å². The van der Waals surface area contributed by atoms with E-state index in [9.17, 15) is 4.79 Å². The Morgan fingerprint density at radius 1 is 1.39 bits per heavy atom. The lowest BCUT2D eigenvalue weighted by molar-refractivity contribution is -0.0510. The van der Waals surface area contributed by atoms with E-state index in [0.717, 1.165) is 17.7 Å². The molecule has 1 aromatic rings. The van der Waals surface area contributed by atoms with Crippen molar-refractivity contribution in [2.24, 2.45) is 7.05 Å². The molecule has 6 heteroatoms. The first-order chi connectivity index (χ1) is 10.7. The Morgan fingerprint density at radius 3 is 2.70 bits per heavy atom. The van der Waals surface area contributed by atoms with E-state index >= 15 is 0 Å². The fraction of sp³-hybridized carbons (Fsp3) is 0.647. The number of fused-ring (bicyclic) bond motifs is 2. The number of morpholine rings is 1. The number of aryl methyl sites for hydroxylation is 2. The molecule has 2 bridgehead atoms. The van der Waals surface area contributed by atoms with Crippen LogP contribution >= 0.6 is 0 Å². The number of hydrogen-bond donors (Lipinski definition) is 0. The average Bonchev–Trinajstić information content (AvgIpc) is 2.74. The molecule has 2 aliphatic rings. The van der Waals surface area contributed by atoms with Crippen LogP contribution in [0.1, 0.15) is 38.4 Å². The minimum absolute atomic E-state index is 0.0169. The summed E-state index contributed by atoms with van der Waals surface area (Å²) in [6.07, 6.45) is 4.68. The monoisotopic (exact) mass is 319 g/mol. The lowest BCUT2D eigenvalue weighted by Gasteiger charge is -2.44. The van der Waals surface area contributed by atoms with E-state index < -0.39 is 5.60 Å². The quantitative estimate of drug-likeness (QED) is 0.798. The molecule has 0 radical (unpaired) electrons. The summed E-state index contributed by atoms with van der Waals surface area (Å²) < 4.78 is 13.1. The molecule has 0 N–H and O–H groups in total. The molecule has 1 saturated heterocycles. The van der Waals surface area contributed by atoms with Gasteiger partial charge in [0.2, 0.25) is 0 Å². The number of rotatable bonds is 1. The highest BCUT2D eigenvalue weighted by atomic mass is 16.6. The highest BCUT2D eigenvalue weighted by Crippen LogP contribution is 2.34. The zero-order chi connectivity index (χ0) is 16.8. The first-order valence-electron chi connectivity index (χ1n) is 8.05. The SMILES string of the molecule is Cc1nn(C)cc1C1=CC2COCC(C1)N2C(=O)OC(C)(C)C. The summed E-state index contributed by atoms with van der Waals surface area (Å²) in [4.78, 5) is 14.4. The molecule has 6 nitrogen and oxygen atoms in total. The molecule has 23 heavy (non-hydrogen) atoms. The van der Waals surface area contributed by atoms with Gasteiger partial charge >= 0.3 is 6.09 Å². The molecule has 1 fully saturated rings. The van der Waals surface area contributed by atoms with Crippen LogP contribution in [0.3, 0.4) is 0 Å². The van der Waals surface area contributed by atoms with Crippen molar-refractivity contribution in [1.82, 2.24) is 14.7 Å². The number of ether oxygens (including phenoxy) is 2. The molecular weight excluding hydrogens is 294 g/mol. The summed E-state index contributed by atoms with van der Waals surface area (Å²) in [5.41, 5.74) is 2.93. The number of hydrogen-bond acceptors (Lipinski definition) is 4. The molecule has 1 amide bonds. The molecule has 0 saturated carbocycles. The van der Waals surface area contributed by atoms with Gasteiger partial charge in [0.1, 0.15) is 5.60 Å². The third-order valence-corrected chi connectivity index (χ3v) is 4.16. The minimum atomic E-state index is -0.490. The molecule has 2 aliphatic heterocycles. The predicted octanol–water partition coefficient (Wildman–Crippen LogP) is 2.52. The molecule has 0 aromatic carbocycles. The van der Waals surface area contributed by atoms with E-state index in [1.54, 1.807) is 0 Å². The zero-order valence-electron chi connectivity index (χ0n) is 14.5. The Kier molecular flexibility index (Phi) is 3.96. The van der Waals surface area contributed by atoms with E-state index in [2.05, 4.69) is 11.2 Å². The Hall–Kier alpha value is -1.82. The Bertz CT molecular complexity index is 642. The van der Waals surface area contributed by atoms with Crippen molar-refractivity contribution in [3.63, 3.8) is 0 Å². The van der Waals surface area contributed by atoms with Crippen LogP contribution < -0.4 is 0 Å². The third kappa shape index (κ3) is 3.27. The van der Waals surface area contributed by atoms with E-state index in [1.807, 2.05) is 50.5 Å². The fourth-order valence-corrected chi connectivity index (χ4v) is 3.31. The van der Waals surface area contributed by atoms with Crippen molar-refractivity contribution in [2.45, 2.75) is 51.8 Å². The summed E-state index contributed by atoms with van der Waals surface area (Å²) in [6, 6.07) is -0.0600. The third-order valence-electron chi connectivity index (χ3n) is 4.16. The lowest BCUT2D eigenvalue weighted by Crippen LogP contribution is -2.57. The summed E-state index contributed by atoms with van der Waals surface area (Å²) >= 11 is 0. The van der Waals surface area contributed by atoms with E-state index in [1.165, 1.54) is 5.57 Å². The van der Waals surface area contributed by atoms with Crippen molar-refractivity contribution >= 4 is 11.7 Å². The Balaban J connectivity index is 1.87. The molecule has 3 heterocycles. The first-order valence-corrected chi connectivity index (χ1v) is 8.05. The van der Waals surface area contributed by atoms with Crippen molar-refractivity contribution in [3.05, 3.63) is 23.5 Å². The molecule has 2 unspecified atom stereocenters. The van der Waals surface area contributed by atoms with Crippen LogP contribution in [0.4, 0.5) is 4.79 Å². The van der Waals surface area contributed by atoms with E-state index in [-0.39, 0.29) is 18.2 Å². The molecule has 1 aromatic heterocycles. The van der Waals surface area contributed by atoms with Crippen LogP contribution in [-0.4, -0.2) is 51.7 Å². The van der Waals surface area contributed by atoms with Gasteiger partial charge in [-0.1, -0.05) is 6.08 Å². The predicted molar refractivity (Wildman–Crippen MR) is 87.0 cm³/mol. The second-order valence-corrected chi connectivity index (χ2v) is 7.34. The second kappa shape index (κ2) is 5.67. The number of amides is 1. The highest BCUT2D eigenvalue weighted by molar-refractivity contribution is 5.75. The van der Waals surface area contributed by atoms with Crippen LogP contribution in [0, 0.1) is 6.92 Å². The summed E-state index contributed by atoms with van der Waals surface area (Å²) in [6.45, 7) is 8.75.